The molecule has 1 saturated heterocycles. The molecular weight excluding hydrogens is 348 g/mol. The highest BCUT2D eigenvalue weighted by molar-refractivity contribution is 5.76. The summed E-state index contributed by atoms with van der Waals surface area (Å²) >= 11 is 0. The predicted molar refractivity (Wildman–Crippen MR) is 100 cm³/mol. The van der Waals surface area contributed by atoms with Crippen LogP contribution in [0.5, 0.6) is 5.75 Å². The molecule has 144 valence electrons. The minimum Gasteiger partial charge on any atom is -0.488 e. The second-order valence-corrected chi connectivity index (χ2v) is 6.99. The normalized spacial score (nSPS) is 16.6. The molecule has 8 heteroatoms. The molecule has 0 N–H and O–H groups in total. The fourth-order valence-electron chi connectivity index (χ4n) is 3.08. The Labute approximate surface area is 157 Å². The van der Waals surface area contributed by atoms with Crippen molar-refractivity contribution in [2.75, 3.05) is 13.1 Å². The van der Waals surface area contributed by atoms with Crippen LogP contribution in [-0.4, -0.2) is 44.1 Å². The van der Waals surface area contributed by atoms with Gasteiger partial charge in [0.05, 0.1) is 12.9 Å². The van der Waals surface area contributed by atoms with Crippen LogP contribution in [0.3, 0.4) is 0 Å². The van der Waals surface area contributed by atoms with Crippen LogP contribution >= 0.6 is 0 Å². The molecule has 0 aliphatic carbocycles. The third-order valence-corrected chi connectivity index (χ3v) is 5.10. The van der Waals surface area contributed by atoms with Gasteiger partial charge in [-0.2, -0.15) is 0 Å². The van der Waals surface area contributed by atoms with E-state index in [1.807, 2.05) is 13.0 Å². The number of hydrogen-bond donors (Lipinski definition) is 0. The van der Waals surface area contributed by atoms with E-state index in [1.165, 1.54) is 17.0 Å². The Hall–Kier alpha value is -2.90. The van der Waals surface area contributed by atoms with E-state index >= 15 is 0 Å². The fourth-order valence-corrected chi connectivity index (χ4v) is 3.08. The molecule has 0 spiro atoms. The number of ether oxygens (including phenoxy) is 1. The van der Waals surface area contributed by atoms with Gasteiger partial charge in [0.1, 0.15) is 18.4 Å². The molecule has 1 fully saturated rings. The van der Waals surface area contributed by atoms with Crippen LogP contribution in [0, 0.1) is 20.8 Å². The van der Waals surface area contributed by atoms with Gasteiger partial charge in [-0.05, 0) is 26.8 Å². The number of aryl methyl sites for hydroxylation is 2. The summed E-state index contributed by atoms with van der Waals surface area (Å²) in [5.74, 6) is 0.373. The minimum absolute atomic E-state index is 0.0370. The van der Waals surface area contributed by atoms with E-state index in [1.54, 1.807) is 30.4 Å². The molecule has 0 saturated carbocycles. The molecule has 0 bridgehead atoms. The van der Waals surface area contributed by atoms with Crippen LogP contribution in [0.2, 0.25) is 0 Å². The molecule has 27 heavy (non-hydrogen) atoms. The lowest BCUT2D eigenvalue weighted by atomic mass is 10.3. The minimum atomic E-state index is -0.196. The highest BCUT2D eigenvalue weighted by Gasteiger charge is 2.28. The van der Waals surface area contributed by atoms with Crippen molar-refractivity contribution < 1.29 is 9.53 Å². The average Bonchev–Trinajstić information content (AvgIpc) is 3.08. The molecule has 1 amide bonds. The SMILES string of the molecule is Cc1ncn(CC(=O)N2CCC(Oc3cc(C)n(C)c(=O)c3)C2)c(=O)c1C. The summed E-state index contributed by atoms with van der Waals surface area (Å²) in [5, 5.41) is 0. The van der Waals surface area contributed by atoms with E-state index in [2.05, 4.69) is 4.98 Å². The average molecular weight is 372 g/mol. The van der Waals surface area contributed by atoms with Crippen molar-refractivity contribution in [2.45, 2.75) is 39.8 Å². The Morgan fingerprint density at radius 1 is 1.26 bits per heavy atom. The number of carbonyl (C=O) groups excluding carboxylic acids is 1. The highest BCUT2D eigenvalue weighted by Crippen LogP contribution is 2.18. The van der Waals surface area contributed by atoms with Crippen LogP contribution in [-0.2, 0) is 18.4 Å². The Bertz CT molecular complexity index is 992. The monoisotopic (exact) mass is 372 g/mol. The number of nitrogens with zero attached hydrogens (tertiary/aromatic N) is 4. The number of amides is 1. The van der Waals surface area contributed by atoms with Gasteiger partial charge in [0, 0.05) is 43.0 Å². The number of pyridine rings is 1. The van der Waals surface area contributed by atoms with Crippen molar-refractivity contribution in [2.24, 2.45) is 7.05 Å². The smallest absolute Gasteiger partial charge is 0.256 e. The lowest BCUT2D eigenvalue weighted by Gasteiger charge is -2.18. The van der Waals surface area contributed by atoms with E-state index in [0.29, 0.717) is 36.5 Å². The van der Waals surface area contributed by atoms with Crippen LogP contribution in [0.1, 0.15) is 23.4 Å². The zero-order valence-corrected chi connectivity index (χ0v) is 16.1. The number of aromatic nitrogens is 3. The number of hydrogen-bond acceptors (Lipinski definition) is 5. The summed E-state index contributed by atoms with van der Waals surface area (Å²) in [6.45, 7) is 6.26. The molecule has 1 atom stereocenters. The second kappa shape index (κ2) is 7.38. The van der Waals surface area contributed by atoms with Gasteiger partial charge in [0.25, 0.3) is 11.1 Å². The summed E-state index contributed by atoms with van der Waals surface area (Å²) < 4.78 is 8.78. The van der Waals surface area contributed by atoms with E-state index in [0.717, 1.165) is 5.69 Å². The third-order valence-electron chi connectivity index (χ3n) is 5.10. The predicted octanol–water partition coefficient (Wildman–Crippen LogP) is 0.547. The highest BCUT2D eigenvalue weighted by atomic mass is 16.5. The number of likely N-dealkylation sites (tertiary alicyclic amines) is 1. The molecule has 2 aromatic rings. The van der Waals surface area contributed by atoms with Gasteiger partial charge in [-0.25, -0.2) is 4.98 Å². The zero-order valence-electron chi connectivity index (χ0n) is 16.1. The molecule has 1 unspecified atom stereocenters. The molecule has 2 aromatic heterocycles. The zero-order chi connectivity index (χ0) is 19.7. The van der Waals surface area contributed by atoms with E-state index in [4.69, 9.17) is 4.74 Å². The largest absolute Gasteiger partial charge is 0.488 e. The van der Waals surface area contributed by atoms with Crippen LogP contribution in [0.15, 0.2) is 28.0 Å². The van der Waals surface area contributed by atoms with Gasteiger partial charge < -0.3 is 14.2 Å². The van der Waals surface area contributed by atoms with Crippen molar-refractivity contribution in [3.05, 3.63) is 56.1 Å². The Morgan fingerprint density at radius 3 is 2.70 bits per heavy atom. The molecule has 0 aromatic carbocycles. The van der Waals surface area contributed by atoms with Crippen LogP contribution < -0.4 is 15.9 Å². The van der Waals surface area contributed by atoms with Gasteiger partial charge in [0.2, 0.25) is 5.91 Å². The first kappa shape index (κ1) is 18.9. The molecule has 1 aliphatic heterocycles. The Morgan fingerprint density at radius 2 is 2.00 bits per heavy atom. The first-order chi connectivity index (χ1) is 12.8. The molecule has 0 radical (unpaired) electrons. The molecule has 8 nitrogen and oxygen atoms in total. The quantitative estimate of drug-likeness (QED) is 0.782. The molecule has 3 heterocycles. The van der Waals surface area contributed by atoms with Gasteiger partial charge in [-0.3, -0.25) is 19.0 Å². The topological polar surface area (TPSA) is 86.4 Å². The lowest BCUT2D eigenvalue weighted by Crippen LogP contribution is -2.37. The van der Waals surface area contributed by atoms with E-state index in [9.17, 15) is 14.4 Å². The van der Waals surface area contributed by atoms with Crippen molar-refractivity contribution in [3.8, 4) is 5.75 Å². The maximum atomic E-state index is 12.5. The van der Waals surface area contributed by atoms with Gasteiger partial charge in [-0.15, -0.1) is 0 Å². The summed E-state index contributed by atoms with van der Waals surface area (Å²) in [7, 11) is 1.71. The van der Waals surface area contributed by atoms with Crippen molar-refractivity contribution >= 4 is 5.91 Å². The summed E-state index contributed by atoms with van der Waals surface area (Å²) in [6.07, 6.45) is 1.92. The summed E-state index contributed by atoms with van der Waals surface area (Å²) in [4.78, 5) is 42.5. The van der Waals surface area contributed by atoms with E-state index in [-0.39, 0.29) is 29.7 Å². The second-order valence-electron chi connectivity index (χ2n) is 6.99. The first-order valence-electron chi connectivity index (χ1n) is 8.91. The van der Waals surface area contributed by atoms with Crippen molar-refractivity contribution in [3.63, 3.8) is 0 Å². The standard InChI is InChI=1S/C19H24N4O4/c1-12-7-16(8-17(24)21(12)4)27-15-5-6-22(9-15)18(25)10-23-11-20-14(3)13(2)19(23)26/h7-8,11,15H,5-6,9-10H2,1-4H3. The number of rotatable bonds is 4. The van der Waals surface area contributed by atoms with Crippen molar-refractivity contribution in [1.29, 1.82) is 0 Å². The van der Waals surface area contributed by atoms with Crippen molar-refractivity contribution in [1.82, 2.24) is 19.0 Å². The molecular formula is C19H24N4O4. The van der Waals surface area contributed by atoms with Crippen LogP contribution in [0.25, 0.3) is 0 Å². The maximum absolute atomic E-state index is 12.5. The fraction of sp³-hybridized carbons (Fsp3) is 0.474. The van der Waals surface area contributed by atoms with Crippen LogP contribution in [0.4, 0.5) is 0 Å². The summed E-state index contributed by atoms with van der Waals surface area (Å²) in [6, 6.07) is 3.27. The third kappa shape index (κ3) is 3.94. The molecule has 1 aliphatic rings. The first-order valence-corrected chi connectivity index (χ1v) is 8.91. The van der Waals surface area contributed by atoms with Gasteiger partial charge >= 0.3 is 0 Å². The molecule has 3 rings (SSSR count). The summed E-state index contributed by atoms with van der Waals surface area (Å²) in [5.41, 5.74) is 1.71. The van der Waals surface area contributed by atoms with Gasteiger partial charge in [-0.1, -0.05) is 0 Å². The van der Waals surface area contributed by atoms with Gasteiger partial charge in [0.15, 0.2) is 0 Å². The van der Waals surface area contributed by atoms with E-state index < -0.39 is 0 Å². The maximum Gasteiger partial charge on any atom is 0.256 e. The Kier molecular flexibility index (Phi) is 5.16. The number of carbonyl (C=O) groups is 1. The Balaban J connectivity index is 1.64. The lowest BCUT2D eigenvalue weighted by molar-refractivity contribution is -0.131.